The van der Waals surface area contributed by atoms with Gasteiger partial charge < -0.3 is 5.11 Å². The van der Waals surface area contributed by atoms with Gasteiger partial charge in [0.1, 0.15) is 0 Å². The summed E-state index contributed by atoms with van der Waals surface area (Å²) in [5.41, 5.74) is 0.471. The Balaban J connectivity index is 3.31. The van der Waals surface area contributed by atoms with Gasteiger partial charge in [-0.05, 0) is 31.0 Å². The van der Waals surface area contributed by atoms with Gasteiger partial charge in [-0.15, -0.1) is 0 Å². The van der Waals surface area contributed by atoms with E-state index in [0.717, 1.165) is 0 Å². The van der Waals surface area contributed by atoms with Crippen molar-refractivity contribution in [1.29, 1.82) is 0 Å². The van der Waals surface area contributed by atoms with Gasteiger partial charge in [0.2, 0.25) is 10.0 Å². The average molecular weight is 336 g/mol. The van der Waals surface area contributed by atoms with E-state index in [1.165, 1.54) is 12.1 Å². The maximum atomic E-state index is 11.9. The molecule has 0 amide bonds. The summed E-state index contributed by atoms with van der Waals surface area (Å²) in [6, 6.07) is 2.57. The van der Waals surface area contributed by atoms with E-state index in [9.17, 15) is 13.2 Å². The van der Waals surface area contributed by atoms with Crippen LogP contribution in [0.15, 0.2) is 21.5 Å². The molecule has 7 heteroatoms. The Bertz CT molecular complexity index is 569. The predicted octanol–water partition coefficient (Wildman–Crippen LogP) is 2.14. The molecule has 0 heterocycles. The Labute approximate surface area is 114 Å². The van der Waals surface area contributed by atoms with Crippen molar-refractivity contribution in [3.8, 4) is 0 Å². The summed E-state index contributed by atoms with van der Waals surface area (Å²) >= 11 is 3.17. The maximum absolute atomic E-state index is 11.9. The Morgan fingerprint density at radius 1 is 1.44 bits per heavy atom. The second-order valence-electron chi connectivity index (χ2n) is 3.78. The molecule has 0 aliphatic heterocycles. The first kappa shape index (κ1) is 15.1. The normalized spacial score (nSPS) is 11.5. The predicted molar refractivity (Wildman–Crippen MR) is 71.3 cm³/mol. The van der Waals surface area contributed by atoms with E-state index in [2.05, 4.69) is 20.7 Å². The minimum atomic E-state index is -3.66. The van der Waals surface area contributed by atoms with E-state index < -0.39 is 16.0 Å². The zero-order valence-corrected chi connectivity index (χ0v) is 12.4. The Morgan fingerprint density at radius 2 is 2.06 bits per heavy atom. The molecule has 2 N–H and O–H groups in total. The van der Waals surface area contributed by atoms with E-state index in [0.29, 0.717) is 23.0 Å². The molecule has 0 atom stereocenters. The van der Waals surface area contributed by atoms with Crippen LogP contribution in [0.4, 0.5) is 0 Å². The van der Waals surface area contributed by atoms with Gasteiger partial charge in [-0.3, -0.25) is 0 Å². The number of carboxylic acid groups (broad SMARTS) is 1. The van der Waals surface area contributed by atoms with E-state index in [-0.39, 0.29) is 10.5 Å². The highest BCUT2D eigenvalue weighted by molar-refractivity contribution is 9.10. The highest BCUT2D eigenvalue weighted by Crippen LogP contribution is 2.24. The minimum absolute atomic E-state index is 0.0266. The first-order valence-electron chi connectivity index (χ1n) is 5.32. The van der Waals surface area contributed by atoms with Crippen LogP contribution in [0.5, 0.6) is 0 Å². The largest absolute Gasteiger partial charge is 0.478 e. The maximum Gasteiger partial charge on any atom is 0.336 e. The molecule has 1 aromatic rings. The zero-order chi connectivity index (χ0) is 13.9. The van der Waals surface area contributed by atoms with Crippen LogP contribution in [0.2, 0.25) is 0 Å². The molecule has 0 radical (unpaired) electrons. The molecule has 0 aliphatic carbocycles. The zero-order valence-electron chi connectivity index (χ0n) is 10.0. The topological polar surface area (TPSA) is 83.5 Å². The summed E-state index contributed by atoms with van der Waals surface area (Å²) in [6.07, 6.45) is 0.665. The van der Waals surface area contributed by atoms with Gasteiger partial charge in [-0.25, -0.2) is 17.9 Å². The number of aromatic carboxylic acids is 1. The molecule has 100 valence electrons. The number of hydrogen-bond donors (Lipinski definition) is 2. The van der Waals surface area contributed by atoms with Crippen molar-refractivity contribution >= 4 is 31.9 Å². The van der Waals surface area contributed by atoms with Crippen LogP contribution in [-0.2, 0) is 10.0 Å². The van der Waals surface area contributed by atoms with Crippen LogP contribution in [-0.4, -0.2) is 26.0 Å². The molecule has 0 unspecified atom stereocenters. The summed E-state index contributed by atoms with van der Waals surface area (Å²) in [6.45, 7) is 3.77. The molecular formula is C11H14BrNO4S. The summed E-state index contributed by atoms with van der Waals surface area (Å²) in [5, 5.41) is 9.02. The number of halogens is 1. The van der Waals surface area contributed by atoms with Crippen molar-refractivity contribution < 1.29 is 18.3 Å². The number of nitrogens with one attached hydrogen (secondary N) is 1. The lowest BCUT2D eigenvalue weighted by Gasteiger charge is -2.09. The summed E-state index contributed by atoms with van der Waals surface area (Å²) in [4.78, 5) is 11.0. The fourth-order valence-electron chi connectivity index (χ4n) is 1.35. The lowest BCUT2D eigenvalue weighted by Crippen LogP contribution is -2.24. The smallest absolute Gasteiger partial charge is 0.336 e. The molecule has 1 aromatic carbocycles. The molecule has 0 bridgehead atoms. The van der Waals surface area contributed by atoms with Gasteiger partial charge in [0.05, 0.1) is 10.5 Å². The molecule has 0 fully saturated rings. The van der Waals surface area contributed by atoms with Crippen molar-refractivity contribution in [2.45, 2.75) is 25.2 Å². The fourth-order valence-corrected chi connectivity index (χ4v) is 3.15. The quantitative estimate of drug-likeness (QED) is 0.863. The number of hydrogen-bond acceptors (Lipinski definition) is 3. The number of carboxylic acids is 1. The van der Waals surface area contributed by atoms with Crippen molar-refractivity contribution in [1.82, 2.24) is 4.72 Å². The van der Waals surface area contributed by atoms with Crippen molar-refractivity contribution in [3.63, 3.8) is 0 Å². The first-order chi connectivity index (χ1) is 8.29. The minimum Gasteiger partial charge on any atom is -0.478 e. The molecule has 0 aromatic heterocycles. The van der Waals surface area contributed by atoms with Crippen LogP contribution >= 0.6 is 15.9 Å². The van der Waals surface area contributed by atoms with E-state index in [1.807, 2.05) is 6.92 Å². The molecule has 0 saturated carbocycles. The number of rotatable bonds is 5. The van der Waals surface area contributed by atoms with Crippen LogP contribution in [0, 0.1) is 6.92 Å². The third-order valence-corrected chi connectivity index (χ3v) is 4.66. The number of benzene rings is 1. The number of sulfonamides is 1. The molecule has 1 rings (SSSR count). The summed E-state index contributed by atoms with van der Waals surface area (Å²) in [7, 11) is -3.66. The van der Waals surface area contributed by atoms with Crippen molar-refractivity contribution in [2.24, 2.45) is 0 Å². The lowest BCUT2D eigenvalue weighted by molar-refractivity contribution is 0.0695. The summed E-state index contributed by atoms with van der Waals surface area (Å²) < 4.78 is 26.7. The highest BCUT2D eigenvalue weighted by Gasteiger charge is 2.19. The molecule has 0 aliphatic rings. The summed E-state index contributed by atoms with van der Waals surface area (Å²) in [5.74, 6) is -1.15. The third kappa shape index (κ3) is 3.30. The van der Waals surface area contributed by atoms with Crippen molar-refractivity contribution in [2.75, 3.05) is 6.54 Å². The van der Waals surface area contributed by atoms with Gasteiger partial charge in [-0.1, -0.05) is 22.9 Å². The Hall–Kier alpha value is -0.920. The molecule has 18 heavy (non-hydrogen) atoms. The van der Waals surface area contributed by atoms with Gasteiger partial charge in [0.15, 0.2) is 0 Å². The van der Waals surface area contributed by atoms with E-state index >= 15 is 0 Å². The standard InChI is InChI=1S/C11H14BrNO4S/c1-3-4-13-18(16,17)8-5-9(11(14)15)7(2)10(12)6-8/h5-6,13H,3-4H2,1-2H3,(H,14,15). The Morgan fingerprint density at radius 3 is 2.56 bits per heavy atom. The Kier molecular flexibility index (Phi) is 4.89. The molecular weight excluding hydrogens is 322 g/mol. The van der Waals surface area contributed by atoms with Crippen molar-refractivity contribution in [3.05, 3.63) is 27.7 Å². The molecule has 5 nitrogen and oxygen atoms in total. The highest BCUT2D eigenvalue weighted by atomic mass is 79.9. The van der Waals surface area contributed by atoms with E-state index in [4.69, 9.17) is 5.11 Å². The van der Waals surface area contributed by atoms with Crippen LogP contribution < -0.4 is 4.72 Å². The first-order valence-corrected chi connectivity index (χ1v) is 7.60. The van der Waals surface area contributed by atoms with Gasteiger partial charge >= 0.3 is 5.97 Å². The van der Waals surface area contributed by atoms with Crippen LogP contribution in [0.3, 0.4) is 0 Å². The SMILES string of the molecule is CCCNS(=O)(=O)c1cc(Br)c(C)c(C(=O)O)c1. The molecule has 0 spiro atoms. The fraction of sp³-hybridized carbons (Fsp3) is 0.364. The monoisotopic (exact) mass is 335 g/mol. The van der Waals surface area contributed by atoms with Gasteiger partial charge in [0.25, 0.3) is 0 Å². The second-order valence-corrected chi connectivity index (χ2v) is 6.40. The number of carbonyl (C=O) groups is 1. The van der Waals surface area contributed by atoms with Crippen LogP contribution in [0.25, 0.3) is 0 Å². The second kappa shape index (κ2) is 5.81. The van der Waals surface area contributed by atoms with Gasteiger partial charge in [-0.2, -0.15) is 0 Å². The van der Waals surface area contributed by atoms with Crippen LogP contribution in [0.1, 0.15) is 29.3 Å². The third-order valence-electron chi connectivity index (χ3n) is 2.40. The van der Waals surface area contributed by atoms with E-state index in [1.54, 1.807) is 6.92 Å². The van der Waals surface area contributed by atoms with Gasteiger partial charge in [0, 0.05) is 11.0 Å². The molecule has 0 saturated heterocycles. The average Bonchev–Trinajstić information content (AvgIpc) is 2.29. The lowest BCUT2D eigenvalue weighted by atomic mass is 10.1.